The lowest BCUT2D eigenvalue weighted by Gasteiger charge is -2.12. The van der Waals surface area contributed by atoms with Crippen LogP contribution in [0.1, 0.15) is 31.9 Å². The van der Waals surface area contributed by atoms with Crippen LogP contribution < -0.4 is 10.6 Å². The lowest BCUT2D eigenvalue weighted by Crippen LogP contribution is -2.31. The zero-order valence-electron chi connectivity index (χ0n) is 9.58. The highest BCUT2D eigenvalue weighted by Crippen LogP contribution is 2.46. The van der Waals surface area contributed by atoms with Gasteiger partial charge in [-0.1, -0.05) is 32.0 Å². The van der Waals surface area contributed by atoms with Gasteiger partial charge >= 0.3 is 0 Å². The van der Waals surface area contributed by atoms with Crippen molar-refractivity contribution in [3.63, 3.8) is 0 Å². The summed E-state index contributed by atoms with van der Waals surface area (Å²) in [7, 11) is 0. The maximum atomic E-state index is 11.8. The number of para-hydroxylation sites is 1. The fourth-order valence-electron chi connectivity index (χ4n) is 2.33. The third-order valence-electron chi connectivity index (χ3n) is 3.67. The molecule has 1 amide bonds. The van der Waals surface area contributed by atoms with Gasteiger partial charge in [0.1, 0.15) is 6.04 Å². The van der Waals surface area contributed by atoms with Crippen LogP contribution in [0.5, 0.6) is 0 Å². The molecule has 0 aromatic heterocycles. The Morgan fingerprint density at radius 3 is 2.75 bits per heavy atom. The lowest BCUT2D eigenvalue weighted by atomic mass is 10.1. The second-order valence-electron chi connectivity index (χ2n) is 5.42. The number of fused-ring (bicyclic) bond motifs is 1. The van der Waals surface area contributed by atoms with Crippen LogP contribution in [0.15, 0.2) is 24.3 Å². The van der Waals surface area contributed by atoms with E-state index in [0.29, 0.717) is 11.5 Å². The molecule has 1 fully saturated rings. The van der Waals surface area contributed by atoms with E-state index in [1.165, 1.54) is 0 Å². The van der Waals surface area contributed by atoms with Gasteiger partial charge in [-0.25, -0.2) is 0 Å². The number of hydrogen-bond acceptors (Lipinski definition) is 2. The quantitative estimate of drug-likeness (QED) is 0.794. The largest absolute Gasteiger partial charge is 0.324 e. The van der Waals surface area contributed by atoms with Gasteiger partial charge in [0.15, 0.2) is 0 Å². The van der Waals surface area contributed by atoms with Crippen molar-refractivity contribution in [3.8, 4) is 0 Å². The monoisotopic (exact) mass is 216 g/mol. The van der Waals surface area contributed by atoms with E-state index in [1.807, 2.05) is 24.3 Å². The Labute approximate surface area is 95.2 Å². The van der Waals surface area contributed by atoms with E-state index in [1.54, 1.807) is 0 Å². The molecule has 0 radical (unpaired) electrons. The summed E-state index contributed by atoms with van der Waals surface area (Å²) < 4.78 is 0. The normalized spacial score (nSPS) is 29.8. The van der Waals surface area contributed by atoms with Crippen LogP contribution in [0.2, 0.25) is 0 Å². The third kappa shape index (κ3) is 1.43. The van der Waals surface area contributed by atoms with Crippen LogP contribution in [0, 0.1) is 5.41 Å². The molecular weight excluding hydrogens is 200 g/mol. The molecule has 2 N–H and O–H groups in total. The van der Waals surface area contributed by atoms with Crippen LogP contribution in [-0.4, -0.2) is 11.9 Å². The second kappa shape index (κ2) is 3.08. The summed E-state index contributed by atoms with van der Waals surface area (Å²) in [5, 5.41) is 6.34. The van der Waals surface area contributed by atoms with Crippen molar-refractivity contribution < 1.29 is 4.79 Å². The molecule has 3 nitrogen and oxygen atoms in total. The van der Waals surface area contributed by atoms with E-state index in [2.05, 4.69) is 24.5 Å². The average Bonchev–Trinajstić information content (AvgIpc) is 2.69. The Kier molecular flexibility index (Phi) is 1.89. The van der Waals surface area contributed by atoms with E-state index < -0.39 is 0 Å². The Bertz CT molecular complexity index is 453. The number of carbonyl (C=O) groups excluding carboxylic acids is 1. The first-order chi connectivity index (χ1) is 7.58. The molecule has 1 aliphatic heterocycles. The molecule has 1 aromatic carbocycles. The Morgan fingerprint density at radius 1 is 1.38 bits per heavy atom. The third-order valence-corrected chi connectivity index (χ3v) is 3.67. The number of rotatable bonds is 2. The fourth-order valence-corrected chi connectivity index (χ4v) is 2.33. The first-order valence-corrected chi connectivity index (χ1v) is 5.74. The summed E-state index contributed by atoms with van der Waals surface area (Å²) in [6.07, 6.45) is 1.15. The Morgan fingerprint density at radius 2 is 2.06 bits per heavy atom. The molecule has 0 bridgehead atoms. The summed E-state index contributed by atoms with van der Waals surface area (Å²) in [6.45, 7) is 4.45. The summed E-state index contributed by atoms with van der Waals surface area (Å²) in [5.74, 6) is 0.0731. The summed E-state index contributed by atoms with van der Waals surface area (Å²) in [4.78, 5) is 11.8. The highest BCUT2D eigenvalue weighted by Gasteiger charge is 2.48. The predicted molar refractivity (Wildman–Crippen MR) is 63.1 cm³/mol. The smallest absolute Gasteiger partial charge is 0.246 e. The number of benzene rings is 1. The molecule has 1 aliphatic carbocycles. The summed E-state index contributed by atoms with van der Waals surface area (Å²) >= 11 is 0. The molecule has 2 atom stereocenters. The highest BCUT2D eigenvalue weighted by atomic mass is 16.2. The van der Waals surface area contributed by atoms with Gasteiger partial charge in [0.25, 0.3) is 0 Å². The second-order valence-corrected chi connectivity index (χ2v) is 5.42. The van der Waals surface area contributed by atoms with Crippen molar-refractivity contribution in [1.82, 2.24) is 5.32 Å². The van der Waals surface area contributed by atoms with E-state index in [-0.39, 0.29) is 11.9 Å². The molecule has 1 heterocycles. The van der Waals surface area contributed by atoms with Gasteiger partial charge in [-0.2, -0.15) is 0 Å². The molecule has 2 aliphatic rings. The van der Waals surface area contributed by atoms with Gasteiger partial charge in [0.05, 0.1) is 0 Å². The molecule has 1 saturated carbocycles. The number of hydrogen-bond donors (Lipinski definition) is 2. The molecule has 0 saturated heterocycles. The molecule has 3 heteroatoms. The van der Waals surface area contributed by atoms with Crippen molar-refractivity contribution in [2.45, 2.75) is 32.4 Å². The molecule has 16 heavy (non-hydrogen) atoms. The first-order valence-electron chi connectivity index (χ1n) is 5.74. The molecular formula is C13H16N2O. The molecule has 1 aromatic rings. The van der Waals surface area contributed by atoms with Crippen LogP contribution >= 0.6 is 0 Å². The minimum atomic E-state index is -0.164. The predicted octanol–water partition coefficient (Wildman–Crippen LogP) is 2.07. The number of carbonyl (C=O) groups is 1. The zero-order valence-corrected chi connectivity index (χ0v) is 9.58. The topological polar surface area (TPSA) is 41.1 Å². The maximum absolute atomic E-state index is 11.8. The van der Waals surface area contributed by atoms with Crippen LogP contribution in [-0.2, 0) is 4.79 Å². The van der Waals surface area contributed by atoms with Crippen molar-refractivity contribution in [3.05, 3.63) is 29.8 Å². The number of nitrogens with one attached hydrogen (secondary N) is 2. The number of anilines is 1. The van der Waals surface area contributed by atoms with Crippen LogP contribution in [0.3, 0.4) is 0 Å². The average molecular weight is 216 g/mol. The van der Waals surface area contributed by atoms with Gasteiger partial charge in [-0.05, 0) is 17.9 Å². The Hall–Kier alpha value is -1.35. The standard InChI is InChI=1S/C13H16N2O/c1-13(2)7-10(13)15-11-8-5-3-4-6-9(8)14-12(11)16/h3-6,10-11,15H,7H2,1-2H3,(H,14,16). The Balaban J connectivity index is 1.83. The van der Waals surface area contributed by atoms with Crippen molar-refractivity contribution in [1.29, 1.82) is 0 Å². The minimum Gasteiger partial charge on any atom is -0.324 e. The molecule has 2 unspecified atom stereocenters. The van der Waals surface area contributed by atoms with Gasteiger partial charge in [-0.15, -0.1) is 0 Å². The van der Waals surface area contributed by atoms with Crippen molar-refractivity contribution >= 4 is 11.6 Å². The van der Waals surface area contributed by atoms with Gasteiger partial charge in [0.2, 0.25) is 5.91 Å². The van der Waals surface area contributed by atoms with E-state index >= 15 is 0 Å². The van der Waals surface area contributed by atoms with E-state index in [0.717, 1.165) is 17.7 Å². The van der Waals surface area contributed by atoms with Gasteiger partial charge in [-0.3, -0.25) is 10.1 Å². The highest BCUT2D eigenvalue weighted by molar-refractivity contribution is 6.02. The van der Waals surface area contributed by atoms with Crippen molar-refractivity contribution in [2.75, 3.05) is 5.32 Å². The SMILES string of the molecule is CC1(C)CC1NC1C(=O)Nc2ccccc21. The van der Waals surface area contributed by atoms with E-state index in [9.17, 15) is 4.79 Å². The lowest BCUT2D eigenvalue weighted by molar-refractivity contribution is -0.117. The van der Waals surface area contributed by atoms with E-state index in [4.69, 9.17) is 0 Å². The van der Waals surface area contributed by atoms with Crippen molar-refractivity contribution in [2.24, 2.45) is 5.41 Å². The van der Waals surface area contributed by atoms with Crippen LogP contribution in [0.4, 0.5) is 5.69 Å². The fraction of sp³-hybridized carbons (Fsp3) is 0.462. The van der Waals surface area contributed by atoms with Crippen LogP contribution in [0.25, 0.3) is 0 Å². The number of amides is 1. The zero-order chi connectivity index (χ0) is 11.3. The van der Waals surface area contributed by atoms with Gasteiger partial charge < -0.3 is 5.32 Å². The maximum Gasteiger partial charge on any atom is 0.246 e. The molecule has 0 spiro atoms. The first kappa shape index (κ1) is 9.85. The minimum absolute atomic E-state index is 0.0731. The van der Waals surface area contributed by atoms with Gasteiger partial charge in [0, 0.05) is 17.3 Å². The molecule has 84 valence electrons. The summed E-state index contributed by atoms with van der Waals surface area (Å²) in [6, 6.07) is 8.19. The molecule has 3 rings (SSSR count). The summed E-state index contributed by atoms with van der Waals surface area (Å²) in [5.41, 5.74) is 2.37.